The minimum atomic E-state index is -0.588. The third-order valence-corrected chi connectivity index (χ3v) is 7.32. The van der Waals surface area contributed by atoms with Gasteiger partial charge in [-0.25, -0.2) is 0 Å². The summed E-state index contributed by atoms with van der Waals surface area (Å²) in [6.07, 6.45) is 3.00. The molecule has 2 aromatic rings. The largest absolute Gasteiger partial charge is 0.497 e. The predicted octanol–water partition coefficient (Wildman–Crippen LogP) is 2.66. The number of aromatic nitrogens is 1. The van der Waals surface area contributed by atoms with Crippen LogP contribution in [0.4, 0.5) is 0 Å². The number of fused-ring (bicyclic) bond motifs is 6. The number of aliphatic hydroxyl groups is 1. The Morgan fingerprint density at radius 3 is 2.93 bits per heavy atom. The third-order valence-electron chi connectivity index (χ3n) is 7.32. The minimum Gasteiger partial charge on any atom is -0.497 e. The van der Waals surface area contributed by atoms with Gasteiger partial charge in [0.25, 0.3) is 0 Å². The fourth-order valence-electron chi connectivity index (χ4n) is 5.96. The highest BCUT2D eigenvalue weighted by atomic mass is 16.5. The molecular weight excluding hydrogens is 356 g/mol. The van der Waals surface area contributed by atoms with E-state index in [2.05, 4.69) is 22.0 Å². The number of carbonyl (C=O) groups excluding carboxylic acids is 1. The second-order valence-electron chi connectivity index (χ2n) is 8.54. The Kier molecular flexibility index (Phi) is 4.36. The lowest BCUT2D eigenvalue weighted by Crippen LogP contribution is -2.53. The number of H-pyrrole nitrogens is 1. The maximum absolute atomic E-state index is 12.4. The number of carbonyl (C=O) groups is 1. The van der Waals surface area contributed by atoms with Crippen LogP contribution in [0.5, 0.6) is 5.75 Å². The third kappa shape index (κ3) is 2.65. The van der Waals surface area contributed by atoms with E-state index in [9.17, 15) is 9.90 Å². The monoisotopic (exact) mass is 384 g/mol. The number of benzene rings is 1. The molecule has 2 N–H and O–H groups in total. The van der Waals surface area contributed by atoms with Crippen molar-refractivity contribution < 1.29 is 19.4 Å². The molecule has 0 radical (unpaired) electrons. The van der Waals surface area contributed by atoms with E-state index in [0.717, 1.165) is 43.6 Å². The van der Waals surface area contributed by atoms with Gasteiger partial charge in [0, 0.05) is 29.7 Å². The average molecular weight is 384 g/mol. The number of esters is 1. The van der Waals surface area contributed by atoms with Gasteiger partial charge < -0.3 is 19.6 Å². The smallest absolute Gasteiger partial charge is 0.311 e. The molecule has 3 heterocycles. The van der Waals surface area contributed by atoms with Gasteiger partial charge in [-0.3, -0.25) is 9.69 Å². The van der Waals surface area contributed by atoms with Crippen molar-refractivity contribution in [1.29, 1.82) is 0 Å². The van der Waals surface area contributed by atoms with E-state index in [1.165, 1.54) is 23.8 Å². The lowest BCUT2D eigenvalue weighted by molar-refractivity contribution is -0.160. The molecule has 6 nitrogen and oxygen atoms in total. The van der Waals surface area contributed by atoms with Gasteiger partial charge in [-0.15, -0.1) is 0 Å². The molecule has 0 unspecified atom stereocenters. The van der Waals surface area contributed by atoms with Crippen LogP contribution < -0.4 is 4.74 Å². The van der Waals surface area contributed by atoms with E-state index < -0.39 is 12.0 Å². The Bertz CT molecular complexity index is 907. The van der Waals surface area contributed by atoms with Crippen LogP contribution in [0.3, 0.4) is 0 Å². The summed E-state index contributed by atoms with van der Waals surface area (Å²) in [5.41, 5.74) is 3.79. The topological polar surface area (TPSA) is 74.8 Å². The number of hydrogen-bond donors (Lipinski definition) is 2. The highest BCUT2D eigenvalue weighted by Gasteiger charge is 2.49. The number of nitrogens with zero attached hydrogens (tertiary/aromatic N) is 1. The normalized spacial score (nSPS) is 32.3. The first-order valence-corrected chi connectivity index (χ1v) is 10.3. The molecule has 6 heteroatoms. The molecule has 3 aliphatic rings. The van der Waals surface area contributed by atoms with Crippen molar-refractivity contribution >= 4 is 16.9 Å². The van der Waals surface area contributed by atoms with Crippen LogP contribution in [0, 0.1) is 17.8 Å². The Morgan fingerprint density at radius 2 is 2.14 bits per heavy atom. The summed E-state index contributed by atoms with van der Waals surface area (Å²) in [7, 11) is 3.13. The zero-order valence-corrected chi connectivity index (χ0v) is 16.5. The molecule has 0 spiro atoms. The van der Waals surface area contributed by atoms with Gasteiger partial charge in [-0.05, 0) is 61.3 Å². The van der Waals surface area contributed by atoms with E-state index in [-0.39, 0.29) is 17.9 Å². The number of aromatic amines is 1. The fourth-order valence-corrected chi connectivity index (χ4v) is 5.96. The maximum Gasteiger partial charge on any atom is 0.311 e. The van der Waals surface area contributed by atoms with Crippen molar-refractivity contribution in [3.8, 4) is 5.75 Å². The van der Waals surface area contributed by atoms with E-state index in [1.54, 1.807) is 7.11 Å². The van der Waals surface area contributed by atoms with Gasteiger partial charge in [0.1, 0.15) is 5.75 Å². The van der Waals surface area contributed by atoms with Crippen molar-refractivity contribution in [3.05, 3.63) is 29.5 Å². The molecule has 150 valence electrons. The van der Waals surface area contributed by atoms with Crippen LogP contribution in [-0.2, 0) is 16.0 Å². The number of nitrogens with one attached hydrogen (secondary N) is 1. The van der Waals surface area contributed by atoms with Gasteiger partial charge in [0.15, 0.2) is 0 Å². The summed E-state index contributed by atoms with van der Waals surface area (Å²) in [6, 6.07) is 6.46. The molecule has 1 aromatic heterocycles. The van der Waals surface area contributed by atoms with Crippen LogP contribution in [0.2, 0.25) is 0 Å². The Morgan fingerprint density at radius 1 is 1.29 bits per heavy atom. The number of aliphatic hydroxyl groups excluding tert-OH is 1. The fraction of sp³-hybridized carbons (Fsp3) is 0.591. The lowest BCUT2D eigenvalue weighted by atomic mass is 9.65. The van der Waals surface area contributed by atoms with Gasteiger partial charge >= 0.3 is 5.97 Å². The van der Waals surface area contributed by atoms with E-state index in [1.807, 2.05) is 6.07 Å². The lowest BCUT2D eigenvalue weighted by Gasteiger charge is -2.50. The number of piperidine rings is 1. The molecule has 5 atom stereocenters. The first-order valence-electron chi connectivity index (χ1n) is 10.3. The van der Waals surface area contributed by atoms with Crippen LogP contribution in [-0.4, -0.2) is 54.4 Å². The molecule has 1 aromatic carbocycles. The van der Waals surface area contributed by atoms with Gasteiger partial charge in [-0.1, -0.05) is 0 Å². The molecule has 1 saturated carbocycles. The minimum absolute atomic E-state index is 0.171. The molecule has 5 rings (SSSR count). The van der Waals surface area contributed by atoms with E-state index in [0.29, 0.717) is 12.3 Å². The summed E-state index contributed by atoms with van der Waals surface area (Å²) >= 11 is 0. The second kappa shape index (κ2) is 6.78. The van der Waals surface area contributed by atoms with E-state index in [4.69, 9.17) is 9.47 Å². The molecule has 28 heavy (non-hydrogen) atoms. The maximum atomic E-state index is 12.4. The van der Waals surface area contributed by atoms with Crippen LogP contribution in [0.25, 0.3) is 10.9 Å². The summed E-state index contributed by atoms with van der Waals surface area (Å²) in [6.45, 7) is 2.03. The predicted molar refractivity (Wildman–Crippen MR) is 105 cm³/mol. The average Bonchev–Trinajstić information content (AvgIpc) is 3.10. The van der Waals surface area contributed by atoms with Crippen molar-refractivity contribution in [3.63, 3.8) is 0 Å². The van der Waals surface area contributed by atoms with Crippen LogP contribution >= 0.6 is 0 Å². The quantitative estimate of drug-likeness (QED) is 0.779. The Labute approximate surface area is 164 Å². The summed E-state index contributed by atoms with van der Waals surface area (Å²) < 4.78 is 10.5. The molecule has 1 saturated heterocycles. The van der Waals surface area contributed by atoms with Gasteiger partial charge in [-0.2, -0.15) is 0 Å². The highest BCUT2D eigenvalue weighted by Crippen LogP contribution is 2.49. The van der Waals surface area contributed by atoms with Crippen molar-refractivity contribution in [2.75, 3.05) is 27.3 Å². The Balaban J connectivity index is 1.52. The first-order chi connectivity index (χ1) is 13.6. The second-order valence-corrected chi connectivity index (χ2v) is 8.54. The SMILES string of the molecule is COC(=O)[C@@H]1[C@@H]2C[C@H]3c4[nH]c5ccc(OC)cc5c4CCN3C[C@@H]2CC[C@H]1O. The number of methoxy groups -OCH3 is 2. The van der Waals surface area contributed by atoms with Crippen molar-refractivity contribution in [2.24, 2.45) is 17.8 Å². The molecule has 2 aliphatic heterocycles. The van der Waals surface area contributed by atoms with Gasteiger partial charge in [0.05, 0.1) is 32.3 Å². The zero-order valence-electron chi connectivity index (χ0n) is 16.5. The number of ether oxygens (including phenoxy) is 2. The van der Waals surface area contributed by atoms with Crippen molar-refractivity contribution in [2.45, 2.75) is 37.8 Å². The number of hydrogen-bond acceptors (Lipinski definition) is 5. The summed E-state index contributed by atoms with van der Waals surface area (Å²) in [5.74, 6) is 0.842. The number of rotatable bonds is 2. The van der Waals surface area contributed by atoms with Crippen molar-refractivity contribution in [1.82, 2.24) is 9.88 Å². The molecule has 0 bridgehead atoms. The molecule has 1 aliphatic carbocycles. The van der Waals surface area contributed by atoms with E-state index >= 15 is 0 Å². The molecular formula is C22H28N2O4. The summed E-state index contributed by atoms with van der Waals surface area (Å²) in [4.78, 5) is 18.7. The molecule has 2 fully saturated rings. The highest BCUT2D eigenvalue weighted by molar-refractivity contribution is 5.86. The molecule has 0 amide bonds. The first kappa shape index (κ1) is 18.0. The Hall–Kier alpha value is -2.05. The van der Waals surface area contributed by atoms with Crippen LogP contribution in [0.1, 0.15) is 36.6 Å². The standard InChI is InChI=1S/C22H28N2O4/c1-27-13-4-5-17-16(9-13)14-7-8-24-11-12-3-6-19(25)20(22(26)28-2)15(12)10-18(24)21(14)23-17/h4-5,9,12,15,18-20,23,25H,3,6-8,10-11H2,1-2H3/t12-,15+,18-,19+,20+/m0/s1. The van der Waals surface area contributed by atoms with Gasteiger partial charge in [0.2, 0.25) is 0 Å². The van der Waals surface area contributed by atoms with Crippen LogP contribution in [0.15, 0.2) is 18.2 Å². The zero-order chi connectivity index (χ0) is 19.4. The summed E-state index contributed by atoms with van der Waals surface area (Å²) in [5, 5.41) is 11.8.